The minimum Gasteiger partial charge on any atom is -0.467 e. The Labute approximate surface area is 149 Å². The van der Waals surface area contributed by atoms with E-state index < -0.39 is 0 Å². The lowest BCUT2D eigenvalue weighted by atomic mass is 9.87. The normalized spacial score (nSPS) is 15.2. The predicted octanol–water partition coefficient (Wildman–Crippen LogP) is 4.58. The zero-order valence-electron chi connectivity index (χ0n) is 14.7. The number of hydrogen-bond acceptors (Lipinski definition) is 3. The van der Waals surface area contributed by atoms with Gasteiger partial charge in [0.05, 0.1) is 12.9 Å². The number of amides is 1. The van der Waals surface area contributed by atoms with Gasteiger partial charge < -0.3 is 14.5 Å². The van der Waals surface area contributed by atoms with Gasteiger partial charge in [-0.15, -0.1) is 0 Å². The number of carbonyl (C=O) groups excluding carboxylic acids is 1. The molecular formula is C21H27NO3. The Bertz CT molecular complexity index is 645. The highest BCUT2D eigenvalue weighted by Crippen LogP contribution is 2.26. The van der Waals surface area contributed by atoms with Gasteiger partial charge in [-0.1, -0.05) is 43.5 Å². The predicted molar refractivity (Wildman–Crippen MR) is 96.7 cm³/mol. The summed E-state index contributed by atoms with van der Waals surface area (Å²) in [6, 6.07) is 11.9. The molecular weight excluding hydrogens is 314 g/mol. The van der Waals surface area contributed by atoms with Crippen molar-refractivity contribution >= 4 is 5.91 Å². The fourth-order valence-electron chi connectivity index (χ4n) is 3.42. The monoisotopic (exact) mass is 341 g/mol. The molecule has 1 heterocycles. The first-order valence-electron chi connectivity index (χ1n) is 9.24. The summed E-state index contributed by atoms with van der Waals surface area (Å²) in [5.74, 6) is 1.58. The molecule has 1 amide bonds. The molecule has 1 aliphatic rings. The quantitative estimate of drug-likeness (QED) is 0.764. The minimum atomic E-state index is 0.173. The highest BCUT2D eigenvalue weighted by molar-refractivity contribution is 5.76. The van der Waals surface area contributed by atoms with Crippen LogP contribution >= 0.6 is 0 Å². The molecule has 0 bridgehead atoms. The maximum Gasteiger partial charge on any atom is 0.220 e. The molecule has 1 aromatic heterocycles. The van der Waals surface area contributed by atoms with E-state index in [0.29, 0.717) is 32.1 Å². The van der Waals surface area contributed by atoms with Crippen molar-refractivity contribution in [1.82, 2.24) is 5.32 Å². The summed E-state index contributed by atoms with van der Waals surface area (Å²) in [6.45, 7) is 1.58. The summed E-state index contributed by atoms with van der Waals surface area (Å²) >= 11 is 0. The van der Waals surface area contributed by atoms with Crippen LogP contribution < -0.4 is 5.32 Å². The van der Waals surface area contributed by atoms with Crippen LogP contribution in [0.1, 0.15) is 55.4 Å². The zero-order chi connectivity index (χ0) is 17.3. The van der Waals surface area contributed by atoms with Gasteiger partial charge in [-0.05, 0) is 42.0 Å². The maximum atomic E-state index is 12.1. The Hall–Kier alpha value is -2.07. The second kappa shape index (κ2) is 9.42. The Morgan fingerprint density at radius 3 is 2.72 bits per heavy atom. The number of furan rings is 1. The summed E-state index contributed by atoms with van der Waals surface area (Å²) in [5.41, 5.74) is 2.21. The Kier molecular flexibility index (Phi) is 6.69. The lowest BCUT2D eigenvalue weighted by Crippen LogP contribution is -2.25. The Morgan fingerprint density at radius 2 is 1.92 bits per heavy atom. The molecule has 4 nitrogen and oxygen atoms in total. The van der Waals surface area contributed by atoms with E-state index in [9.17, 15) is 4.79 Å². The molecule has 1 saturated carbocycles. The van der Waals surface area contributed by atoms with E-state index in [2.05, 4.69) is 11.4 Å². The molecule has 1 aliphatic carbocycles. The van der Waals surface area contributed by atoms with E-state index in [0.717, 1.165) is 16.9 Å². The topological polar surface area (TPSA) is 51.5 Å². The molecule has 3 rings (SSSR count). The lowest BCUT2D eigenvalue weighted by molar-refractivity contribution is -0.122. The maximum absolute atomic E-state index is 12.1. The third-order valence-electron chi connectivity index (χ3n) is 4.77. The molecule has 0 unspecified atom stereocenters. The molecule has 1 fully saturated rings. The van der Waals surface area contributed by atoms with Crippen LogP contribution in [0.5, 0.6) is 0 Å². The van der Waals surface area contributed by atoms with Crippen LogP contribution in [0.15, 0.2) is 47.1 Å². The van der Waals surface area contributed by atoms with E-state index in [4.69, 9.17) is 9.15 Å². The van der Waals surface area contributed by atoms with Crippen molar-refractivity contribution in [2.75, 3.05) is 0 Å². The molecule has 0 saturated heterocycles. The molecule has 1 N–H and O–H groups in total. The van der Waals surface area contributed by atoms with Gasteiger partial charge in [-0.25, -0.2) is 0 Å². The van der Waals surface area contributed by atoms with Gasteiger partial charge in [0.1, 0.15) is 12.4 Å². The third kappa shape index (κ3) is 6.05. The van der Waals surface area contributed by atoms with Crippen LogP contribution in [0.3, 0.4) is 0 Å². The summed E-state index contributed by atoms with van der Waals surface area (Å²) < 4.78 is 10.9. The van der Waals surface area contributed by atoms with Crippen LogP contribution in [0.25, 0.3) is 0 Å². The van der Waals surface area contributed by atoms with Gasteiger partial charge >= 0.3 is 0 Å². The summed E-state index contributed by atoms with van der Waals surface area (Å²) in [7, 11) is 0. The highest BCUT2D eigenvalue weighted by atomic mass is 16.5. The van der Waals surface area contributed by atoms with Gasteiger partial charge in [0.25, 0.3) is 0 Å². The Morgan fingerprint density at radius 1 is 1.08 bits per heavy atom. The van der Waals surface area contributed by atoms with Gasteiger partial charge in [0, 0.05) is 13.0 Å². The number of carbonyl (C=O) groups is 1. The van der Waals surface area contributed by atoms with Gasteiger partial charge in [0.15, 0.2) is 0 Å². The number of rotatable bonds is 8. The van der Waals surface area contributed by atoms with E-state index >= 15 is 0 Å². The van der Waals surface area contributed by atoms with E-state index in [-0.39, 0.29) is 5.91 Å². The van der Waals surface area contributed by atoms with E-state index in [1.54, 1.807) is 6.26 Å². The zero-order valence-corrected chi connectivity index (χ0v) is 14.7. The smallest absolute Gasteiger partial charge is 0.220 e. The SMILES string of the molecule is O=C(CC1CCCCC1)NCc1cccc(COCc2ccco2)c1. The second-order valence-electron chi connectivity index (χ2n) is 6.88. The number of nitrogens with one attached hydrogen (secondary N) is 1. The van der Waals surface area contributed by atoms with Crippen molar-refractivity contribution in [3.63, 3.8) is 0 Å². The molecule has 1 aromatic carbocycles. The number of hydrogen-bond donors (Lipinski definition) is 1. The van der Waals surface area contributed by atoms with Gasteiger partial charge in [-0.2, -0.15) is 0 Å². The lowest BCUT2D eigenvalue weighted by Gasteiger charge is -2.20. The first kappa shape index (κ1) is 17.7. The molecule has 0 radical (unpaired) electrons. The minimum absolute atomic E-state index is 0.173. The summed E-state index contributed by atoms with van der Waals surface area (Å²) in [4.78, 5) is 12.1. The third-order valence-corrected chi connectivity index (χ3v) is 4.77. The fourth-order valence-corrected chi connectivity index (χ4v) is 3.42. The standard InChI is InChI=1S/C21H27NO3/c23-21(13-17-6-2-1-3-7-17)22-14-18-8-4-9-19(12-18)15-24-16-20-10-5-11-25-20/h4-5,8-12,17H,1-3,6-7,13-16H2,(H,22,23). The van der Waals surface area contributed by atoms with Crippen LogP contribution in [-0.2, 0) is 29.3 Å². The van der Waals surface area contributed by atoms with Crippen molar-refractivity contribution in [3.05, 3.63) is 59.5 Å². The molecule has 4 heteroatoms. The van der Waals surface area contributed by atoms with Gasteiger partial charge in [-0.3, -0.25) is 4.79 Å². The highest BCUT2D eigenvalue weighted by Gasteiger charge is 2.16. The molecule has 0 spiro atoms. The molecule has 134 valence electrons. The van der Waals surface area contributed by atoms with E-state index in [1.165, 1.54) is 32.1 Å². The van der Waals surface area contributed by atoms with Crippen LogP contribution in [0, 0.1) is 5.92 Å². The van der Waals surface area contributed by atoms with Crippen LogP contribution in [-0.4, -0.2) is 5.91 Å². The molecule has 0 atom stereocenters. The van der Waals surface area contributed by atoms with Crippen molar-refractivity contribution in [1.29, 1.82) is 0 Å². The van der Waals surface area contributed by atoms with Crippen molar-refractivity contribution < 1.29 is 13.9 Å². The molecule has 2 aromatic rings. The molecule has 0 aliphatic heterocycles. The van der Waals surface area contributed by atoms with E-state index in [1.807, 2.05) is 30.3 Å². The Balaban J connectivity index is 1.40. The van der Waals surface area contributed by atoms with Gasteiger partial charge in [0.2, 0.25) is 5.91 Å². The summed E-state index contributed by atoms with van der Waals surface area (Å²) in [6.07, 6.45) is 8.61. The number of benzene rings is 1. The first-order chi connectivity index (χ1) is 12.3. The largest absolute Gasteiger partial charge is 0.467 e. The number of ether oxygens (including phenoxy) is 1. The second-order valence-corrected chi connectivity index (χ2v) is 6.88. The van der Waals surface area contributed by atoms with Crippen LogP contribution in [0.2, 0.25) is 0 Å². The fraction of sp³-hybridized carbons (Fsp3) is 0.476. The van der Waals surface area contributed by atoms with Crippen LogP contribution in [0.4, 0.5) is 0 Å². The average Bonchev–Trinajstić information content (AvgIpc) is 3.15. The summed E-state index contributed by atoms with van der Waals surface area (Å²) in [5, 5.41) is 3.06. The first-order valence-corrected chi connectivity index (χ1v) is 9.24. The van der Waals surface area contributed by atoms with Crippen molar-refractivity contribution in [2.45, 2.75) is 58.3 Å². The average molecular weight is 341 g/mol. The molecule has 25 heavy (non-hydrogen) atoms. The van der Waals surface area contributed by atoms with Crippen molar-refractivity contribution in [2.24, 2.45) is 5.92 Å². The van der Waals surface area contributed by atoms with Crippen molar-refractivity contribution in [3.8, 4) is 0 Å².